The number of nitrogen functional groups attached to an aromatic ring is 1. The minimum absolute atomic E-state index is 0.207. The van der Waals surface area contributed by atoms with Crippen molar-refractivity contribution in [3.8, 4) is 0 Å². The van der Waals surface area contributed by atoms with Crippen LogP contribution in [-0.2, 0) is 11.3 Å². The van der Waals surface area contributed by atoms with Crippen LogP contribution in [0.2, 0.25) is 0 Å². The highest BCUT2D eigenvalue weighted by Crippen LogP contribution is 2.34. The molecule has 3 unspecified atom stereocenters. The van der Waals surface area contributed by atoms with E-state index in [1.54, 1.807) is 12.1 Å². The lowest BCUT2D eigenvalue weighted by Crippen LogP contribution is -2.41. The number of anilines is 1. The molecule has 3 atom stereocenters. The lowest BCUT2D eigenvalue weighted by Gasteiger charge is -2.31. The van der Waals surface area contributed by atoms with E-state index in [1.165, 1.54) is 6.07 Å². The summed E-state index contributed by atoms with van der Waals surface area (Å²) in [4.78, 5) is 2.31. The quantitative estimate of drug-likeness (QED) is 0.795. The monoisotopic (exact) mass is 236 g/mol. The largest absolute Gasteiger partial charge is 0.399 e. The Morgan fingerprint density at radius 2 is 2.35 bits per heavy atom. The molecule has 92 valence electrons. The number of nitrogens with zero attached hydrogens (tertiary/aromatic N) is 1. The second-order valence-corrected chi connectivity index (χ2v) is 5.05. The van der Waals surface area contributed by atoms with E-state index >= 15 is 0 Å². The number of likely N-dealkylation sites (tertiary alicyclic amines) is 1. The standard InChI is InChI=1S/C13H17FN2O/c1-8-13-5-11(17-8)7-16(13)6-9-2-3-10(15)4-12(9)14/h2-4,8,11,13H,5-7,15H2,1H3. The number of ether oxygens (including phenoxy) is 1. The zero-order valence-corrected chi connectivity index (χ0v) is 9.90. The molecule has 0 spiro atoms. The molecule has 3 nitrogen and oxygen atoms in total. The van der Waals surface area contributed by atoms with Gasteiger partial charge in [0.25, 0.3) is 0 Å². The first-order valence-corrected chi connectivity index (χ1v) is 6.07. The summed E-state index contributed by atoms with van der Waals surface area (Å²) in [5.74, 6) is -0.207. The van der Waals surface area contributed by atoms with Gasteiger partial charge in [0.1, 0.15) is 5.82 Å². The lowest BCUT2D eigenvalue weighted by molar-refractivity contribution is -0.0268. The highest BCUT2D eigenvalue weighted by atomic mass is 19.1. The van der Waals surface area contributed by atoms with E-state index in [0.29, 0.717) is 24.4 Å². The molecule has 2 aliphatic rings. The second kappa shape index (κ2) is 3.96. The van der Waals surface area contributed by atoms with E-state index in [9.17, 15) is 4.39 Å². The van der Waals surface area contributed by atoms with Gasteiger partial charge >= 0.3 is 0 Å². The van der Waals surface area contributed by atoms with E-state index in [-0.39, 0.29) is 11.9 Å². The number of halogens is 1. The zero-order chi connectivity index (χ0) is 12.0. The Hall–Kier alpha value is -1.13. The van der Waals surface area contributed by atoms with Gasteiger partial charge in [-0.3, -0.25) is 4.90 Å². The van der Waals surface area contributed by atoms with E-state index in [4.69, 9.17) is 10.5 Å². The molecule has 2 aliphatic heterocycles. The molecule has 1 aromatic rings. The predicted octanol–water partition coefficient (Wildman–Crippen LogP) is 1.77. The first kappa shape index (κ1) is 11.0. The SMILES string of the molecule is CC1OC2CC1N(Cc1ccc(N)cc1F)C2. The number of benzene rings is 1. The fourth-order valence-corrected chi connectivity index (χ4v) is 2.96. The summed E-state index contributed by atoms with van der Waals surface area (Å²) >= 11 is 0. The minimum Gasteiger partial charge on any atom is -0.399 e. The van der Waals surface area contributed by atoms with Crippen molar-refractivity contribution in [3.63, 3.8) is 0 Å². The molecule has 2 heterocycles. The van der Waals surface area contributed by atoms with Crippen molar-refractivity contribution in [1.82, 2.24) is 4.90 Å². The smallest absolute Gasteiger partial charge is 0.129 e. The number of hydrogen-bond donors (Lipinski definition) is 1. The number of rotatable bonds is 2. The average molecular weight is 236 g/mol. The van der Waals surface area contributed by atoms with Crippen LogP contribution in [0.4, 0.5) is 10.1 Å². The van der Waals surface area contributed by atoms with Crippen molar-refractivity contribution in [2.24, 2.45) is 0 Å². The summed E-state index contributed by atoms with van der Waals surface area (Å²) in [5.41, 5.74) is 6.74. The van der Waals surface area contributed by atoms with Gasteiger partial charge in [-0.25, -0.2) is 4.39 Å². The van der Waals surface area contributed by atoms with Crippen LogP contribution < -0.4 is 5.73 Å². The van der Waals surface area contributed by atoms with Crippen LogP contribution in [0.25, 0.3) is 0 Å². The third kappa shape index (κ3) is 1.91. The average Bonchev–Trinajstić information content (AvgIpc) is 2.80. The van der Waals surface area contributed by atoms with Gasteiger partial charge in [-0.15, -0.1) is 0 Å². The third-order valence-corrected chi connectivity index (χ3v) is 3.81. The van der Waals surface area contributed by atoms with Crippen molar-refractivity contribution < 1.29 is 9.13 Å². The maximum absolute atomic E-state index is 13.7. The molecule has 4 heteroatoms. The second-order valence-electron chi connectivity index (χ2n) is 5.05. The highest BCUT2D eigenvalue weighted by molar-refractivity contribution is 5.40. The fourth-order valence-electron chi connectivity index (χ4n) is 2.96. The van der Waals surface area contributed by atoms with Crippen LogP contribution in [0.15, 0.2) is 18.2 Å². The summed E-state index contributed by atoms with van der Waals surface area (Å²) < 4.78 is 19.4. The minimum atomic E-state index is -0.207. The van der Waals surface area contributed by atoms with Gasteiger partial charge < -0.3 is 10.5 Å². The number of hydrogen-bond acceptors (Lipinski definition) is 3. The van der Waals surface area contributed by atoms with Crippen molar-refractivity contribution in [2.75, 3.05) is 12.3 Å². The molecule has 2 saturated heterocycles. The van der Waals surface area contributed by atoms with E-state index in [0.717, 1.165) is 18.5 Å². The molecular formula is C13H17FN2O. The lowest BCUT2D eigenvalue weighted by atomic mass is 10.1. The molecular weight excluding hydrogens is 219 g/mol. The Labute approximate surface area is 100 Å². The van der Waals surface area contributed by atoms with Crippen molar-refractivity contribution in [2.45, 2.75) is 38.1 Å². The maximum atomic E-state index is 13.7. The van der Waals surface area contributed by atoms with Crippen LogP contribution in [0.1, 0.15) is 18.9 Å². The van der Waals surface area contributed by atoms with E-state index in [1.807, 2.05) is 0 Å². The molecule has 2 N–H and O–H groups in total. The Bertz CT molecular complexity index is 437. The summed E-state index contributed by atoms with van der Waals surface area (Å²) in [5, 5.41) is 0. The normalized spacial score (nSPS) is 32.2. The summed E-state index contributed by atoms with van der Waals surface area (Å²) in [6, 6.07) is 5.37. The molecule has 0 saturated carbocycles. The Morgan fingerprint density at radius 3 is 3.00 bits per heavy atom. The molecule has 2 fully saturated rings. The molecule has 17 heavy (non-hydrogen) atoms. The van der Waals surface area contributed by atoms with Gasteiger partial charge in [-0.1, -0.05) is 6.07 Å². The first-order valence-electron chi connectivity index (χ1n) is 6.07. The summed E-state index contributed by atoms with van der Waals surface area (Å²) in [6.07, 6.45) is 1.69. The van der Waals surface area contributed by atoms with Crippen molar-refractivity contribution >= 4 is 5.69 Å². The predicted molar refractivity (Wildman–Crippen MR) is 64.0 cm³/mol. The van der Waals surface area contributed by atoms with Crippen molar-refractivity contribution in [3.05, 3.63) is 29.6 Å². The van der Waals surface area contributed by atoms with E-state index < -0.39 is 0 Å². The first-order chi connectivity index (χ1) is 8.13. The van der Waals surface area contributed by atoms with Crippen LogP contribution in [-0.4, -0.2) is 29.7 Å². The van der Waals surface area contributed by atoms with Gasteiger partial charge in [0.05, 0.1) is 12.2 Å². The van der Waals surface area contributed by atoms with Crippen molar-refractivity contribution in [1.29, 1.82) is 0 Å². The fraction of sp³-hybridized carbons (Fsp3) is 0.538. The Morgan fingerprint density at radius 1 is 1.53 bits per heavy atom. The maximum Gasteiger partial charge on any atom is 0.129 e. The molecule has 3 rings (SSSR count). The number of morpholine rings is 1. The van der Waals surface area contributed by atoms with Crippen LogP contribution in [0, 0.1) is 5.82 Å². The van der Waals surface area contributed by atoms with Gasteiger partial charge in [-0.05, 0) is 25.5 Å². The highest BCUT2D eigenvalue weighted by Gasteiger charge is 2.43. The molecule has 2 bridgehead atoms. The van der Waals surface area contributed by atoms with Crippen LogP contribution >= 0.6 is 0 Å². The number of fused-ring (bicyclic) bond motifs is 2. The van der Waals surface area contributed by atoms with Gasteiger partial charge in [-0.2, -0.15) is 0 Å². The van der Waals surface area contributed by atoms with Gasteiger partial charge in [0, 0.05) is 30.4 Å². The molecule has 0 aliphatic carbocycles. The zero-order valence-electron chi connectivity index (χ0n) is 9.90. The molecule has 0 amide bonds. The van der Waals surface area contributed by atoms with Crippen LogP contribution in [0.3, 0.4) is 0 Å². The molecule has 1 aromatic carbocycles. The molecule has 0 radical (unpaired) electrons. The number of nitrogens with two attached hydrogens (primary N) is 1. The van der Waals surface area contributed by atoms with Crippen LogP contribution in [0.5, 0.6) is 0 Å². The van der Waals surface area contributed by atoms with Gasteiger partial charge in [0.2, 0.25) is 0 Å². The van der Waals surface area contributed by atoms with E-state index in [2.05, 4.69) is 11.8 Å². The third-order valence-electron chi connectivity index (χ3n) is 3.81. The van der Waals surface area contributed by atoms with Gasteiger partial charge in [0.15, 0.2) is 0 Å². The molecule has 0 aromatic heterocycles. The Kier molecular flexibility index (Phi) is 2.56. The topological polar surface area (TPSA) is 38.5 Å². The summed E-state index contributed by atoms with van der Waals surface area (Å²) in [6.45, 7) is 3.66. The Balaban J connectivity index is 1.75. The summed E-state index contributed by atoms with van der Waals surface area (Å²) in [7, 11) is 0.